The maximum Gasteiger partial charge on any atom is 0.326 e. The number of nitrogen functional groups attached to an aromatic ring is 1. The number of nitrogens with two attached hydrogens (primary N) is 3. The minimum atomic E-state index is -1.85. The van der Waals surface area contributed by atoms with Crippen molar-refractivity contribution in [1.29, 1.82) is 0 Å². The molecule has 0 saturated heterocycles. The summed E-state index contributed by atoms with van der Waals surface area (Å²) in [6.45, 7) is -0.0205. The molecule has 3 rings (SSSR count). The van der Waals surface area contributed by atoms with E-state index in [4.69, 9.17) is 17.2 Å². The van der Waals surface area contributed by atoms with Crippen molar-refractivity contribution in [3.63, 3.8) is 0 Å². The number of carboxylic acids is 5. The first-order chi connectivity index (χ1) is 34.4. The van der Waals surface area contributed by atoms with Crippen molar-refractivity contribution in [3.05, 3.63) is 52.1 Å². The normalized spacial score (nSPS) is 13.4. The number of ketones is 3. The van der Waals surface area contributed by atoms with Crippen LogP contribution in [0.15, 0.2) is 40.2 Å². The van der Waals surface area contributed by atoms with Gasteiger partial charge in [0.15, 0.2) is 28.7 Å². The number of H-pyrrole nitrogens is 1. The van der Waals surface area contributed by atoms with Crippen LogP contribution in [0.25, 0.3) is 11.2 Å². The van der Waals surface area contributed by atoms with Crippen LogP contribution in [0.2, 0.25) is 0 Å². The highest BCUT2D eigenvalue weighted by atomic mass is 32.1. The number of aliphatic carboxylic acids is 5. The van der Waals surface area contributed by atoms with Gasteiger partial charge in [-0.1, -0.05) is 0 Å². The van der Waals surface area contributed by atoms with Crippen molar-refractivity contribution in [3.8, 4) is 0 Å². The standard InChI is InChI=1S/C43H54N12O17S/c44-42(45)47-9-1-2-26(29(57)11-21(14-32(61)62)38(67)53-28(15-33(63)64)30(58)12-22(18-73)40(69)70)51-37(66)20(13-31(59)60)10-25(56)7-8-27(41(71)72)52-36(65)19-3-5-23(6-4-19)48-16-24-17-49-35-34(50-24)39(68)55-43(46)54-35/h3-6,17,20-22,26-28,48,73H,1-2,7-16,18H2,(H,51,66)(H,52,65)(H,53,67)(H,59,60)(H,61,62)(H,63,64)(H,69,70)(H,71,72)(H4,44,45,47)(H3,46,49,54,55,68)/t20-,21-,22-,26-,27+,28-/m1/s1. The molecule has 0 aliphatic rings. The number of hydrogen-bond acceptors (Lipinski definition) is 19. The van der Waals surface area contributed by atoms with Gasteiger partial charge < -0.3 is 64.0 Å². The fraction of sp³-hybridized carbons (Fsp3) is 0.442. The van der Waals surface area contributed by atoms with Crippen molar-refractivity contribution >= 4 is 106 Å². The third-order valence-electron chi connectivity index (χ3n) is 10.7. The molecule has 0 aliphatic heterocycles. The summed E-state index contributed by atoms with van der Waals surface area (Å²) in [6, 6.07) is 0.620. The number of carbonyl (C=O) groups is 11. The Labute approximate surface area is 418 Å². The van der Waals surface area contributed by atoms with E-state index in [1.807, 2.05) is 0 Å². The molecule has 6 atom stereocenters. The summed E-state index contributed by atoms with van der Waals surface area (Å²) in [4.78, 5) is 170. The van der Waals surface area contributed by atoms with Crippen molar-refractivity contribution in [1.82, 2.24) is 35.9 Å². The molecule has 3 amide bonds. The van der Waals surface area contributed by atoms with E-state index in [2.05, 4.69) is 58.8 Å². The predicted molar refractivity (Wildman–Crippen MR) is 256 cm³/mol. The lowest BCUT2D eigenvalue weighted by Crippen LogP contribution is -2.48. The SMILES string of the molecule is NC(N)=NCCC[C@@H](NC(=O)[C@@H](CC(=O)O)CC(=O)CC[C@H](NC(=O)c1ccc(NCc2cnc3nc(N)[nH]c(=O)c3n2)cc1)C(=O)O)C(=O)C[C@H](CC(=O)O)C(=O)N[C@H](CC(=O)O)C(=O)C[C@H](CS)C(=O)O. The van der Waals surface area contributed by atoms with Crippen LogP contribution in [-0.2, 0) is 54.5 Å². The van der Waals surface area contributed by atoms with Gasteiger partial charge in [0.2, 0.25) is 17.8 Å². The van der Waals surface area contributed by atoms with Crippen molar-refractivity contribution < 1.29 is 78.3 Å². The maximum atomic E-state index is 13.8. The highest BCUT2D eigenvalue weighted by Crippen LogP contribution is 2.20. The number of benzene rings is 1. The number of guanidine groups is 1. The van der Waals surface area contributed by atoms with Crippen LogP contribution in [0.1, 0.15) is 80.3 Å². The van der Waals surface area contributed by atoms with Crippen LogP contribution in [0.5, 0.6) is 0 Å². The predicted octanol–water partition coefficient (Wildman–Crippen LogP) is -1.94. The molecule has 0 aliphatic carbocycles. The molecule has 0 spiro atoms. The second-order valence-corrected chi connectivity index (χ2v) is 16.7. The minimum absolute atomic E-state index is 0.0207. The summed E-state index contributed by atoms with van der Waals surface area (Å²) in [5.74, 6) is -19.6. The van der Waals surface area contributed by atoms with Crippen LogP contribution in [0, 0.1) is 17.8 Å². The zero-order chi connectivity index (χ0) is 54.5. The Kier molecular flexibility index (Phi) is 22.8. The Morgan fingerprint density at radius 2 is 1.26 bits per heavy atom. The molecule has 29 nitrogen and oxygen atoms in total. The Bertz CT molecular complexity index is 2660. The summed E-state index contributed by atoms with van der Waals surface area (Å²) in [5.41, 5.74) is 16.6. The Morgan fingerprint density at radius 1 is 0.685 bits per heavy atom. The van der Waals surface area contributed by atoms with Gasteiger partial charge in [-0.05, 0) is 43.5 Å². The van der Waals surface area contributed by atoms with Crippen molar-refractivity contribution in [2.75, 3.05) is 23.3 Å². The number of hydrogen-bond donors (Lipinski definition) is 14. The molecule has 2 aromatic heterocycles. The van der Waals surface area contributed by atoms with E-state index in [1.165, 1.54) is 30.5 Å². The Morgan fingerprint density at radius 3 is 1.82 bits per heavy atom. The molecule has 30 heteroatoms. The van der Waals surface area contributed by atoms with Gasteiger partial charge in [-0.15, -0.1) is 0 Å². The molecule has 0 radical (unpaired) electrons. The van der Waals surface area contributed by atoms with Gasteiger partial charge in [-0.3, -0.25) is 62.7 Å². The number of nitrogens with zero attached hydrogens (tertiary/aromatic N) is 4. The van der Waals surface area contributed by atoms with Gasteiger partial charge in [0.05, 0.1) is 67.5 Å². The summed E-state index contributed by atoms with van der Waals surface area (Å²) >= 11 is 3.86. The number of carbonyl (C=O) groups excluding carboxylic acids is 6. The van der Waals surface area contributed by atoms with Gasteiger partial charge in [0.25, 0.3) is 11.5 Å². The Balaban J connectivity index is 1.71. The average molecular weight is 1040 g/mol. The van der Waals surface area contributed by atoms with Crippen molar-refractivity contribution in [2.45, 2.75) is 88.9 Å². The average Bonchev–Trinajstić information content (AvgIpc) is 3.30. The number of anilines is 2. The van der Waals surface area contributed by atoms with Gasteiger partial charge in [-0.25, -0.2) is 14.8 Å². The van der Waals surface area contributed by atoms with Crippen molar-refractivity contribution in [2.24, 2.45) is 34.2 Å². The summed E-state index contributed by atoms with van der Waals surface area (Å²) in [6.07, 6.45) is -5.64. The number of aromatic nitrogens is 4. The molecule has 1 aromatic carbocycles. The number of aromatic amines is 1. The second kappa shape index (κ2) is 28.3. The smallest absolute Gasteiger partial charge is 0.326 e. The summed E-state index contributed by atoms with van der Waals surface area (Å²) < 4.78 is 0. The lowest BCUT2D eigenvalue weighted by molar-refractivity contribution is -0.145. The highest BCUT2D eigenvalue weighted by molar-refractivity contribution is 7.80. The molecule has 16 N–H and O–H groups in total. The van der Waals surface area contributed by atoms with E-state index in [0.29, 0.717) is 11.4 Å². The number of carboxylic acid groups (broad SMARTS) is 5. The lowest BCUT2D eigenvalue weighted by Gasteiger charge is -2.24. The Hall–Kier alpha value is -8.57. The minimum Gasteiger partial charge on any atom is -0.481 e. The maximum absolute atomic E-state index is 13.8. The topological polar surface area (TPSA) is 499 Å². The number of amides is 3. The third kappa shape index (κ3) is 20.0. The summed E-state index contributed by atoms with van der Waals surface area (Å²) in [7, 11) is 0. The first-order valence-corrected chi connectivity index (χ1v) is 22.6. The fourth-order valence-corrected chi connectivity index (χ4v) is 7.21. The first-order valence-electron chi connectivity index (χ1n) is 22.0. The second-order valence-electron chi connectivity index (χ2n) is 16.4. The fourth-order valence-electron chi connectivity index (χ4n) is 6.92. The monoisotopic (exact) mass is 1040 g/mol. The van der Waals surface area contributed by atoms with E-state index in [1.54, 1.807) is 0 Å². The molecule has 394 valence electrons. The van der Waals surface area contributed by atoms with Gasteiger partial charge in [-0.2, -0.15) is 17.6 Å². The molecule has 3 aromatic rings. The number of aliphatic imine (C=N–C) groups is 1. The molecule has 0 fully saturated rings. The number of fused-ring (bicyclic) bond motifs is 1. The van der Waals surface area contributed by atoms with E-state index in [0.717, 1.165) is 0 Å². The number of thiol groups is 1. The molecular weight excluding hydrogens is 989 g/mol. The van der Waals surface area contributed by atoms with E-state index >= 15 is 0 Å². The van der Waals surface area contributed by atoms with Crippen LogP contribution in [0.4, 0.5) is 11.6 Å². The number of rotatable bonds is 33. The van der Waals surface area contributed by atoms with E-state index in [-0.39, 0.29) is 60.3 Å². The summed E-state index contributed by atoms with van der Waals surface area (Å²) in [5, 5.41) is 57.6. The van der Waals surface area contributed by atoms with Gasteiger partial charge in [0.1, 0.15) is 11.8 Å². The van der Waals surface area contributed by atoms with Crippen LogP contribution >= 0.6 is 12.6 Å². The zero-order valence-corrected chi connectivity index (χ0v) is 39.5. The van der Waals surface area contributed by atoms with Crippen LogP contribution in [0.3, 0.4) is 0 Å². The quantitative estimate of drug-likeness (QED) is 0.0137. The van der Waals surface area contributed by atoms with E-state index in [9.17, 15) is 83.1 Å². The van der Waals surface area contributed by atoms with Crippen LogP contribution in [-0.4, -0.2) is 147 Å². The number of Topliss-reactive ketones (excluding diaryl/α,β-unsaturated/α-hetero) is 3. The molecule has 0 bridgehead atoms. The van der Waals surface area contributed by atoms with E-state index < -0.39 is 158 Å². The molecular formula is C43H54N12O17S. The molecule has 73 heavy (non-hydrogen) atoms. The molecule has 2 heterocycles. The zero-order valence-electron chi connectivity index (χ0n) is 38.6. The van der Waals surface area contributed by atoms with Gasteiger partial charge >= 0.3 is 29.8 Å². The first kappa shape index (κ1) is 58.7. The van der Waals surface area contributed by atoms with Crippen LogP contribution < -0.4 is 44.0 Å². The highest BCUT2D eigenvalue weighted by Gasteiger charge is 2.35. The lowest BCUT2D eigenvalue weighted by atomic mass is 9.90. The van der Waals surface area contributed by atoms with Gasteiger partial charge in [0, 0.05) is 49.2 Å². The largest absolute Gasteiger partial charge is 0.481 e. The number of nitrogens with one attached hydrogen (secondary N) is 5. The third-order valence-corrected chi connectivity index (χ3v) is 11.1. The molecule has 0 unspecified atom stereocenters. The molecule has 0 saturated carbocycles.